The average Bonchev–Trinajstić information content (AvgIpc) is 1.63. The summed E-state index contributed by atoms with van der Waals surface area (Å²) in [5, 5.41) is 43.1. The van der Waals surface area contributed by atoms with Crippen LogP contribution in [0.15, 0.2) is 0 Å². The van der Waals surface area contributed by atoms with Gasteiger partial charge in [-0.3, -0.25) is 30.8 Å². The van der Waals surface area contributed by atoms with Gasteiger partial charge >= 0.3 is 94.3 Å². The Morgan fingerprint density at radius 2 is 0.600 bits per heavy atom. The van der Waals surface area contributed by atoms with Crippen molar-refractivity contribution in [1.82, 2.24) is 0 Å². The van der Waals surface area contributed by atoms with E-state index >= 15 is 0 Å². The first kappa shape index (κ1) is 100.0. The van der Waals surface area contributed by atoms with E-state index in [4.69, 9.17) is 34.9 Å². The number of carboxylic acid groups (broad SMARTS) is 2. The summed E-state index contributed by atoms with van der Waals surface area (Å²) in [6.45, 7) is 0. The van der Waals surface area contributed by atoms with Gasteiger partial charge < -0.3 is 34.9 Å². The Balaban J connectivity index is -0.00000000436. The van der Waals surface area contributed by atoms with E-state index in [0.29, 0.717) is 0 Å². The molecule has 0 aliphatic heterocycles. The molecule has 0 spiro atoms. The number of carbonyl (C=O) groups excluding carboxylic acids is 2. The standard InChI is InChI=1S/C2H2O4.BO3.5FH.5Li/c3-1(4)2(5)6;2-1(3)4;;;;;;;;;;/h(H,3,4)(H,5,6);;5*1H;;;;;/q;-3;;;;;;5*+1/p-2. The number of aliphatic carboxylic acids is 2. The zero-order valence-electron chi connectivity index (χ0n) is 11.5. The van der Waals surface area contributed by atoms with Crippen LogP contribution in [-0.4, -0.2) is 19.3 Å². The first-order valence-corrected chi connectivity index (χ1v) is 1.77. The van der Waals surface area contributed by atoms with Gasteiger partial charge in [0.15, 0.2) is 0 Å². The van der Waals surface area contributed by atoms with Crippen LogP contribution in [0.3, 0.4) is 0 Å². The van der Waals surface area contributed by atoms with Crippen LogP contribution in [0.5, 0.6) is 0 Å². The van der Waals surface area contributed by atoms with Gasteiger partial charge in [0.25, 0.3) is 0 Å². The molecule has 0 fully saturated rings. The van der Waals surface area contributed by atoms with E-state index in [9.17, 15) is 0 Å². The van der Waals surface area contributed by atoms with E-state index in [0.717, 1.165) is 0 Å². The van der Waals surface area contributed by atoms with Crippen molar-refractivity contribution in [3.8, 4) is 0 Å². The van der Waals surface area contributed by atoms with Crippen molar-refractivity contribution in [2.45, 2.75) is 0 Å². The van der Waals surface area contributed by atoms with Crippen LogP contribution < -0.4 is 120 Å². The van der Waals surface area contributed by atoms with Crippen molar-refractivity contribution in [3.05, 3.63) is 0 Å². The molecule has 0 aliphatic carbocycles. The molecule has 0 saturated carbocycles. The molecule has 0 N–H and O–H groups in total. The van der Waals surface area contributed by atoms with Crippen LogP contribution in [0.1, 0.15) is 0 Å². The number of carbonyl (C=O) groups is 2. The summed E-state index contributed by atoms with van der Waals surface area (Å²) in [5.74, 6) is -4.37. The number of halogens is 5. The predicted octanol–water partition coefficient (Wildman–Crippen LogP) is -21.7. The minimum atomic E-state index is -2.92. The summed E-state index contributed by atoms with van der Waals surface area (Å²) < 4.78 is 0. The molecule has 98 valence electrons. The van der Waals surface area contributed by atoms with Crippen molar-refractivity contribution in [1.29, 1.82) is 0 Å². The third-order valence-corrected chi connectivity index (χ3v) is 0.167. The molecule has 0 rings (SSSR count). The molecule has 0 aromatic carbocycles. The summed E-state index contributed by atoms with van der Waals surface area (Å²) >= 11 is 0. The van der Waals surface area contributed by atoms with E-state index in [1.165, 1.54) is 0 Å². The van der Waals surface area contributed by atoms with Gasteiger partial charge in [-0.2, -0.15) is 0 Å². The Morgan fingerprint density at radius 1 is 0.550 bits per heavy atom. The molecule has 0 atom stereocenters. The molecule has 0 aromatic rings. The Kier molecular flexibility index (Phi) is 353. The second-order valence-corrected chi connectivity index (χ2v) is 0.864. The van der Waals surface area contributed by atoms with Crippen LogP contribution in [0.2, 0.25) is 0 Å². The zero-order chi connectivity index (χ0) is 8.73. The Morgan fingerprint density at radius 3 is 0.600 bits per heavy atom. The maximum atomic E-state index is 8.93. The predicted molar refractivity (Wildman–Crippen MR) is 28.3 cm³/mol. The average molecular weight is 282 g/mol. The van der Waals surface area contributed by atoms with E-state index in [1.807, 2.05) is 0 Å². The molecule has 0 unspecified atom stereocenters. The van der Waals surface area contributed by atoms with Gasteiger partial charge in [0.1, 0.15) is 0 Å². The van der Waals surface area contributed by atoms with Gasteiger partial charge in [-0.1, -0.05) is 0 Å². The van der Waals surface area contributed by atoms with Crippen molar-refractivity contribution >= 4 is 19.3 Å². The smallest absolute Gasteiger partial charge is 0.907 e. The number of hydrogen-bond donors (Lipinski definition) is 0. The van der Waals surface area contributed by atoms with Crippen LogP contribution >= 0.6 is 0 Å². The largest absolute Gasteiger partial charge is 1.00 e. The van der Waals surface area contributed by atoms with Crippen LogP contribution in [0.4, 0.5) is 23.5 Å². The normalized spacial score (nSPS) is 3.55. The second kappa shape index (κ2) is 70.6. The summed E-state index contributed by atoms with van der Waals surface area (Å²) in [6.07, 6.45) is 0. The van der Waals surface area contributed by atoms with Gasteiger partial charge in [-0.25, -0.2) is 0 Å². The Hall–Kier alpha value is 1.52. The van der Waals surface area contributed by atoms with Crippen molar-refractivity contribution in [3.63, 3.8) is 0 Å². The maximum absolute atomic E-state index is 8.93. The third-order valence-electron chi connectivity index (χ3n) is 0.167. The van der Waals surface area contributed by atoms with Crippen molar-refractivity contribution in [2.75, 3.05) is 0 Å². The Bertz CT molecular complexity index is 134. The molecular weight excluding hydrogens is 277 g/mol. The third kappa shape index (κ3) is 220. The molecule has 0 amide bonds. The van der Waals surface area contributed by atoms with Gasteiger partial charge in [0.05, 0.1) is 11.9 Å². The fraction of sp³-hybridized carbons (Fsp3) is 0. The van der Waals surface area contributed by atoms with Crippen LogP contribution in [0, 0.1) is 0 Å². The summed E-state index contributed by atoms with van der Waals surface area (Å²) in [7, 11) is -2.92. The van der Waals surface area contributed by atoms with Gasteiger partial charge in [-0.15, -0.1) is 0 Å². The van der Waals surface area contributed by atoms with E-state index < -0.39 is 19.3 Å². The first-order valence-electron chi connectivity index (χ1n) is 1.77. The molecule has 18 heteroatoms. The molecule has 0 saturated heterocycles. The van der Waals surface area contributed by atoms with E-state index in [1.54, 1.807) is 0 Å². The SMILES string of the molecule is F.F.F.F.F.O=C([O-])C(=O)[O-].[Li+].[Li+].[Li+].[Li+].[Li+].[O-]B([O-])[O-]. The van der Waals surface area contributed by atoms with Crippen LogP contribution in [-0.2, 0) is 9.59 Å². The van der Waals surface area contributed by atoms with Gasteiger partial charge in [0, 0.05) is 0 Å². The van der Waals surface area contributed by atoms with Crippen molar-refractivity contribution in [2.24, 2.45) is 0 Å². The zero-order valence-corrected chi connectivity index (χ0v) is 11.5. The van der Waals surface area contributed by atoms with E-state index in [2.05, 4.69) is 0 Å². The number of hydrogen-bond acceptors (Lipinski definition) is 7. The fourth-order valence-corrected chi connectivity index (χ4v) is 0. The van der Waals surface area contributed by atoms with E-state index in [-0.39, 0.29) is 118 Å². The molecule has 0 aliphatic rings. The van der Waals surface area contributed by atoms with Gasteiger partial charge in [-0.05, 0) is 0 Å². The summed E-state index contributed by atoms with van der Waals surface area (Å²) in [4.78, 5) is 17.9. The molecular formula is C2H5BF5Li5O7. The molecule has 7 nitrogen and oxygen atoms in total. The Labute approximate surface area is 170 Å². The maximum Gasteiger partial charge on any atom is 1.00 e. The molecule has 0 aromatic heterocycles. The number of rotatable bonds is 0. The topological polar surface area (TPSA) is 149 Å². The van der Waals surface area contributed by atoms with Crippen molar-refractivity contribution < 1.29 is 153 Å². The van der Waals surface area contributed by atoms with Gasteiger partial charge in [0.2, 0.25) is 0 Å². The molecule has 0 heterocycles. The molecule has 0 radical (unpaired) electrons. The summed E-state index contributed by atoms with van der Waals surface area (Å²) in [5.41, 5.74) is 0. The quantitative estimate of drug-likeness (QED) is 0.243. The van der Waals surface area contributed by atoms with Crippen LogP contribution in [0.25, 0.3) is 0 Å². The minimum Gasteiger partial charge on any atom is -0.907 e. The summed E-state index contributed by atoms with van der Waals surface area (Å²) in [6, 6.07) is 0. The first-order chi connectivity index (χ1) is 4.37. The second-order valence-electron chi connectivity index (χ2n) is 0.864. The fourth-order valence-electron chi connectivity index (χ4n) is 0. The molecule has 0 bridgehead atoms. The number of carboxylic acids is 2. The monoisotopic (exact) mass is 282 g/mol. The minimum absolute atomic E-state index is 0. The molecule has 20 heavy (non-hydrogen) atoms.